The van der Waals surface area contributed by atoms with E-state index in [4.69, 9.17) is 4.74 Å². The number of anilines is 1. The van der Waals surface area contributed by atoms with E-state index in [-0.39, 0.29) is 24.0 Å². The Bertz CT molecular complexity index is 1210. The minimum atomic E-state index is -0.511. The van der Waals surface area contributed by atoms with Crippen molar-refractivity contribution in [2.75, 3.05) is 11.9 Å². The number of aryl methyl sites for hydroxylation is 1. The van der Waals surface area contributed by atoms with Gasteiger partial charge in [-0.25, -0.2) is 9.78 Å². The zero-order valence-corrected chi connectivity index (χ0v) is 20.0. The second-order valence-electron chi connectivity index (χ2n) is 7.28. The molecular formula is C21H23N3O4S3. The highest BCUT2D eigenvalue weighted by atomic mass is 32.2. The van der Waals surface area contributed by atoms with Gasteiger partial charge >= 0.3 is 5.97 Å². The molecule has 0 saturated heterocycles. The molecule has 0 bridgehead atoms. The van der Waals surface area contributed by atoms with Gasteiger partial charge in [0.25, 0.3) is 5.56 Å². The van der Waals surface area contributed by atoms with Gasteiger partial charge < -0.3 is 10.1 Å². The van der Waals surface area contributed by atoms with Crippen LogP contribution < -0.4 is 10.9 Å². The maximum Gasteiger partial charge on any atom is 0.341 e. The third-order valence-electron chi connectivity index (χ3n) is 5.19. The molecule has 3 heterocycles. The Balaban J connectivity index is 1.57. The number of amides is 1. The first-order chi connectivity index (χ1) is 14.9. The number of carbonyl (C=O) groups excluding carboxylic acids is 2. The van der Waals surface area contributed by atoms with Gasteiger partial charge in [0.15, 0.2) is 5.16 Å². The molecule has 31 heavy (non-hydrogen) atoms. The highest BCUT2D eigenvalue weighted by molar-refractivity contribution is 8.00. The van der Waals surface area contributed by atoms with Crippen molar-refractivity contribution in [1.29, 1.82) is 0 Å². The van der Waals surface area contributed by atoms with E-state index in [1.165, 1.54) is 39.0 Å². The van der Waals surface area contributed by atoms with E-state index >= 15 is 0 Å². The van der Waals surface area contributed by atoms with E-state index in [1.807, 2.05) is 5.38 Å². The SMILES string of the molecule is CCOC(=O)c1c(NC(=O)C(C)Sc2nc3ccsc3c(=O)n2C)sc2c1CCCC2. The summed E-state index contributed by atoms with van der Waals surface area (Å²) in [5.74, 6) is -0.627. The van der Waals surface area contributed by atoms with Crippen LogP contribution in [0, 0.1) is 0 Å². The number of esters is 1. The monoisotopic (exact) mass is 477 g/mol. The number of ether oxygens (including phenoxy) is 1. The third kappa shape index (κ3) is 4.28. The summed E-state index contributed by atoms with van der Waals surface area (Å²) in [6, 6.07) is 1.80. The Morgan fingerprint density at radius 1 is 1.35 bits per heavy atom. The number of hydrogen-bond acceptors (Lipinski definition) is 8. The molecule has 1 atom stereocenters. The normalized spacial score (nSPS) is 14.3. The summed E-state index contributed by atoms with van der Waals surface area (Å²) < 4.78 is 7.33. The van der Waals surface area contributed by atoms with Crippen LogP contribution in [0.4, 0.5) is 5.00 Å². The number of rotatable bonds is 6. The Hall–Kier alpha value is -2.17. The molecule has 164 valence electrons. The smallest absolute Gasteiger partial charge is 0.341 e. The van der Waals surface area contributed by atoms with Crippen LogP contribution in [0.3, 0.4) is 0 Å². The fourth-order valence-electron chi connectivity index (χ4n) is 3.57. The number of aromatic nitrogens is 2. The predicted octanol–water partition coefficient (Wildman–Crippen LogP) is 4.23. The Labute approximate surface area is 191 Å². The van der Waals surface area contributed by atoms with Crippen molar-refractivity contribution in [2.45, 2.75) is 49.9 Å². The Kier molecular flexibility index (Phi) is 6.49. The standard InChI is InChI=1S/C21H23N3O4S3/c1-4-28-20(27)15-12-7-5-6-8-14(12)31-18(15)23-17(25)11(2)30-21-22-13-9-10-29-16(13)19(26)24(21)3/h9-11H,4-8H2,1-3H3,(H,23,25). The molecule has 1 unspecified atom stereocenters. The van der Waals surface area contributed by atoms with E-state index in [9.17, 15) is 14.4 Å². The quantitative estimate of drug-likeness (QED) is 0.325. The van der Waals surface area contributed by atoms with Crippen molar-refractivity contribution in [3.8, 4) is 0 Å². The minimum absolute atomic E-state index is 0.120. The van der Waals surface area contributed by atoms with Gasteiger partial charge in [0, 0.05) is 11.9 Å². The molecular weight excluding hydrogens is 454 g/mol. The molecule has 3 aromatic heterocycles. The molecule has 1 aliphatic carbocycles. The largest absolute Gasteiger partial charge is 0.462 e. The van der Waals surface area contributed by atoms with E-state index in [0.717, 1.165) is 36.1 Å². The molecule has 0 aromatic carbocycles. The molecule has 1 N–H and O–H groups in total. The summed E-state index contributed by atoms with van der Waals surface area (Å²) >= 11 is 4.05. The molecule has 3 aromatic rings. The van der Waals surface area contributed by atoms with Crippen molar-refractivity contribution in [1.82, 2.24) is 9.55 Å². The summed E-state index contributed by atoms with van der Waals surface area (Å²) in [5.41, 5.74) is 2.03. The summed E-state index contributed by atoms with van der Waals surface area (Å²) in [6.45, 7) is 3.82. The van der Waals surface area contributed by atoms with Gasteiger partial charge in [0.1, 0.15) is 9.70 Å². The zero-order chi connectivity index (χ0) is 22.1. The molecule has 0 fully saturated rings. The molecule has 0 spiro atoms. The van der Waals surface area contributed by atoms with Crippen LogP contribution in [0.25, 0.3) is 10.2 Å². The minimum Gasteiger partial charge on any atom is -0.462 e. The highest BCUT2D eigenvalue weighted by Gasteiger charge is 2.28. The fraction of sp³-hybridized carbons (Fsp3) is 0.429. The van der Waals surface area contributed by atoms with Crippen LogP contribution in [-0.4, -0.2) is 33.3 Å². The van der Waals surface area contributed by atoms with Gasteiger partial charge in [-0.3, -0.25) is 14.2 Å². The maximum absolute atomic E-state index is 13.0. The summed E-state index contributed by atoms with van der Waals surface area (Å²) in [7, 11) is 1.66. The van der Waals surface area contributed by atoms with Gasteiger partial charge in [-0.15, -0.1) is 22.7 Å². The van der Waals surface area contributed by atoms with Gasteiger partial charge in [0.05, 0.1) is 22.9 Å². The lowest BCUT2D eigenvalue weighted by Gasteiger charge is -2.14. The average molecular weight is 478 g/mol. The Morgan fingerprint density at radius 3 is 2.90 bits per heavy atom. The van der Waals surface area contributed by atoms with Gasteiger partial charge in [-0.05, 0) is 56.5 Å². The average Bonchev–Trinajstić information content (AvgIpc) is 3.36. The number of nitrogens with one attached hydrogen (secondary N) is 1. The summed E-state index contributed by atoms with van der Waals surface area (Å²) in [4.78, 5) is 43.8. The van der Waals surface area contributed by atoms with Crippen LogP contribution >= 0.6 is 34.4 Å². The summed E-state index contributed by atoms with van der Waals surface area (Å²) in [6.07, 6.45) is 3.85. The first kappa shape index (κ1) is 22.0. The molecule has 4 rings (SSSR count). The van der Waals surface area contributed by atoms with Crippen LogP contribution in [0.15, 0.2) is 21.4 Å². The number of thioether (sulfide) groups is 1. The van der Waals surface area contributed by atoms with Crippen LogP contribution in [-0.2, 0) is 29.4 Å². The number of fused-ring (bicyclic) bond motifs is 2. The molecule has 0 aliphatic heterocycles. The lowest BCUT2D eigenvalue weighted by Crippen LogP contribution is -2.25. The number of nitrogens with zero attached hydrogens (tertiary/aromatic N) is 2. The van der Waals surface area contributed by atoms with E-state index < -0.39 is 5.25 Å². The van der Waals surface area contributed by atoms with E-state index in [0.29, 0.717) is 25.9 Å². The van der Waals surface area contributed by atoms with Crippen molar-refractivity contribution in [2.24, 2.45) is 7.05 Å². The molecule has 7 nitrogen and oxygen atoms in total. The zero-order valence-electron chi connectivity index (χ0n) is 17.5. The number of carbonyl (C=O) groups is 2. The molecule has 1 amide bonds. The summed E-state index contributed by atoms with van der Waals surface area (Å²) in [5, 5.41) is 5.29. The second kappa shape index (κ2) is 9.13. The van der Waals surface area contributed by atoms with Gasteiger partial charge in [0.2, 0.25) is 5.91 Å². The number of hydrogen-bond donors (Lipinski definition) is 1. The van der Waals surface area contributed by atoms with Crippen LogP contribution in [0.1, 0.15) is 47.5 Å². The topological polar surface area (TPSA) is 90.3 Å². The molecule has 1 aliphatic rings. The van der Waals surface area contributed by atoms with Crippen LogP contribution in [0.5, 0.6) is 0 Å². The van der Waals surface area contributed by atoms with Crippen molar-refractivity contribution >= 4 is 61.5 Å². The third-order valence-corrected chi connectivity index (χ3v) is 8.43. The highest BCUT2D eigenvalue weighted by Crippen LogP contribution is 2.39. The van der Waals surface area contributed by atoms with Gasteiger partial charge in [-0.1, -0.05) is 11.8 Å². The first-order valence-corrected chi connectivity index (χ1v) is 12.7. The van der Waals surface area contributed by atoms with E-state index in [1.54, 1.807) is 27.0 Å². The predicted molar refractivity (Wildman–Crippen MR) is 126 cm³/mol. The van der Waals surface area contributed by atoms with Crippen LogP contribution in [0.2, 0.25) is 0 Å². The second-order valence-corrected chi connectivity index (χ2v) is 10.6. The van der Waals surface area contributed by atoms with Gasteiger partial charge in [-0.2, -0.15) is 0 Å². The maximum atomic E-state index is 13.0. The van der Waals surface area contributed by atoms with Crippen molar-refractivity contribution in [3.05, 3.63) is 37.8 Å². The first-order valence-electron chi connectivity index (χ1n) is 10.1. The molecule has 0 saturated carbocycles. The molecule has 10 heteroatoms. The number of thiophene rings is 2. The van der Waals surface area contributed by atoms with Crippen molar-refractivity contribution in [3.63, 3.8) is 0 Å². The van der Waals surface area contributed by atoms with E-state index in [2.05, 4.69) is 10.3 Å². The van der Waals surface area contributed by atoms with Crippen molar-refractivity contribution < 1.29 is 14.3 Å². The lowest BCUT2D eigenvalue weighted by molar-refractivity contribution is -0.115. The lowest BCUT2D eigenvalue weighted by atomic mass is 9.95. The fourth-order valence-corrected chi connectivity index (χ4v) is 6.53. The molecule has 0 radical (unpaired) electrons. The Morgan fingerprint density at radius 2 is 2.13 bits per heavy atom.